The first-order valence-corrected chi connectivity index (χ1v) is 5.60. The summed E-state index contributed by atoms with van der Waals surface area (Å²) >= 11 is 0. The molecule has 5 heteroatoms. The van der Waals surface area contributed by atoms with E-state index in [1.54, 1.807) is 35.0 Å². The van der Waals surface area contributed by atoms with Crippen LogP contribution in [0.1, 0.15) is 11.4 Å². The van der Waals surface area contributed by atoms with Crippen molar-refractivity contribution in [1.29, 1.82) is 0 Å². The van der Waals surface area contributed by atoms with Crippen molar-refractivity contribution in [3.63, 3.8) is 0 Å². The number of phenolic OH excluding ortho intramolecular Hbond substituents is 1. The van der Waals surface area contributed by atoms with Gasteiger partial charge in [-0.1, -0.05) is 18.2 Å². The second-order valence-electron chi connectivity index (χ2n) is 4.10. The zero-order valence-corrected chi connectivity index (χ0v) is 9.61. The molecule has 3 rings (SSSR count). The van der Waals surface area contributed by atoms with Crippen molar-refractivity contribution in [1.82, 2.24) is 14.6 Å². The summed E-state index contributed by atoms with van der Waals surface area (Å²) in [6, 6.07) is 10.7. The number of hydrogen-bond acceptors (Lipinski definition) is 4. The predicted octanol–water partition coefficient (Wildman–Crippen LogP) is 1.61. The summed E-state index contributed by atoms with van der Waals surface area (Å²) in [5.74, 6) is 0.915. The van der Waals surface area contributed by atoms with Gasteiger partial charge in [0.25, 0.3) is 0 Å². The number of aromatic hydroxyl groups is 1. The van der Waals surface area contributed by atoms with Crippen molar-refractivity contribution in [2.75, 3.05) is 5.73 Å². The number of phenols is 1. The minimum Gasteiger partial charge on any atom is -0.508 e. The van der Waals surface area contributed by atoms with Crippen LogP contribution in [-0.4, -0.2) is 19.7 Å². The van der Waals surface area contributed by atoms with Gasteiger partial charge in [0.1, 0.15) is 5.75 Å². The van der Waals surface area contributed by atoms with Crippen LogP contribution in [0.15, 0.2) is 42.6 Å². The number of nitrogens with zero attached hydrogens (tertiary/aromatic N) is 3. The summed E-state index contributed by atoms with van der Waals surface area (Å²) in [4.78, 5) is 4.37. The Morgan fingerprint density at radius 2 is 2.06 bits per heavy atom. The first-order valence-electron chi connectivity index (χ1n) is 5.60. The first kappa shape index (κ1) is 10.6. The van der Waals surface area contributed by atoms with Gasteiger partial charge in [-0.05, 0) is 12.1 Å². The van der Waals surface area contributed by atoms with Crippen LogP contribution in [0.5, 0.6) is 5.75 Å². The van der Waals surface area contributed by atoms with Gasteiger partial charge < -0.3 is 10.8 Å². The van der Waals surface area contributed by atoms with Crippen molar-refractivity contribution in [3.05, 3.63) is 54.0 Å². The van der Waals surface area contributed by atoms with Gasteiger partial charge in [-0.15, -0.1) is 0 Å². The Morgan fingerprint density at radius 3 is 2.89 bits per heavy atom. The lowest BCUT2D eigenvalue weighted by Crippen LogP contribution is -1.92. The number of anilines is 1. The van der Waals surface area contributed by atoms with E-state index in [-0.39, 0.29) is 5.75 Å². The molecule has 3 N–H and O–H groups in total. The highest BCUT2D eigenvalue weighted by molar-refractivity contribution is 5.51. The van der Waals surface area contributed by atoms with Crippen LogP contribution in [0.2, 0.25) is 0 Å². The van der Waals surface area contributed by atoms with E-state index >= 15 is 0 Å². The molecule has 0 unspecified atom stereocenters. The number of aromatic nitrogens is 3. The second kappa shape index (κ2) is 4.03. The SMILES string of the molecule is Nc1ccn2nc(Cc3ccccc3O)nc2c1. The van der Waals surface area contributed by atoms with E-state index in [0.717, 1.165) is 5.56 Å². The molecule has 0 aliphatic heterocycles. The summed E-state index contributed by atoms with van der Waals surface area (Å²) < 4.78 is 1.67. The standard InChI is InChI=1S/C13H12N4O/c14-10-5-6-17-13(8-10)15-12(16-17)7-9-3-1-2-4-11(9)18/h1-6,8,18H,7,14H2. The topological polar surface area (TPSA) is 76.4 Å². The highest BCUT2D eigenvalue weighted by Crippen LogP contribution is 2.18. The van der Waals surface area contributed by atoms with Gasteiger partial charge in [0.2, 0.25) is 0 Å². The van der Waals surface area contributed by atoms with Crippen molar-refractivity contribution in [2.45, 2.75) is 6.42 Å². The van der Waals surface area contributed by atoms with E-state index < -0.39 is 0 Å². The van der Waals surface area contributed by atoms with Crippen molar-refractivity contribution in [2.24, 2.45) is 0 Å². The van der Waals surface area contributed by atoms with Gasteiger partial charge in [0, 0.05) is 29.9 Å². The molecule has 1 aromatic carbocycles. The van der Waals surface area contributed by atoms with Gasteiger partial charge in [0.15, 0.2) is 11.5 Å². The van der Waals surface area contributed by atoms with E-state index in [1.165, 1.54) is 0 Å². The van der Waals surface area contributed by atoms with Crippen molar-refractivity contribution < 1.29 is 5.11 Å². The lowest BCUT2D eigenvalue weighted by Gasteiger charge is -1.99. The zero-order chi connectivity index (χ0) is 12.5. The Hall–Kier alpha value is -2.56. The summed E-state index contributed by atoms with van der Waals surface area (Å²) in [5, 5.41) is 14.0. The van der Waals surface area contributed by atoms with Gasteiger partial charge in [-0.3, -0.25) is 0 Å². The van der Waals surface area contributed by atoms with Gasteiger partial charge in [-0.25, -0.2) is 9.50 Å². The summed E-state index contributed by atoms with van der Waals surface area (Å²) in [7, 11) is 0. The molecule has 0 aliphatic carbocycles. The molecule has 0 saturated carbocycles. The summed E-state index contributed by atoms with van der Waals surface area (Å²) in [5.41, 5.74) is 7.86. The zero-order valence-electron chi connectivity index (χ0n) is 9.61. The van der Waals surface area contributed by atoms with E-state index in [4.69, 9.17) is 5.73 Å². The lowest BCUT2D eigenvalue weighted by molar-refractivity contribution is 0.469. The maximum absolute atomic E-state index is 9.71. The third kappa shape index (κ3) is 1.86. The Balaban J connectivity index is 1.98. The minimum absolute atomic E-state index is 0.260. The Morgan fingerprint density at radius 1 is 1.22 bits per heavy atom. The third-order valence-corrected chi connectivity index (χ3v) is 2.75. The molecule has 0 atom stereocenters. The molecule has 90 valence electrons. The number of pyridine rings is 1. The Bertz CT molecular complexity index is 705. The molecule has 0 bridgehead atoms. The minimum atomic E-state index is 0.260. The smallest absolute Gasteiger partial charge is 0.157 e. The number of benzene rings is 1. The van der Waals surface area contributed by atoms with Crippen LogP contribution >= 0.6 is 0 Å². The van der Waals surface area contributed by atoms with Crippen LogP contribution in [0.25, 0.3) is 5.65 Å². The van der Waals surface area contributed by atoms with Crippen LogP contribution in [0.4, 0.5) is 5.69 Å². The largest absolute Gasteiger partial charge is 0.508 e. The van der Waals surface area contributed by atoms with Gasteiger partial charge >= 0.3 is 0 Å². The molecule has 0 aliphatic rings. The highest BCUT2D eigenvalue weighted by Gasteiger charge is 2.07. The van der Waals surface area contributed by atoms with E-state index in [0.29, 0.717) is 23.6 Å². The van der Waals surface area contributed by atoms with Gasteiger partial charge in [-0.2, -0.15) is 5.10 Å². The number of nitrogen functional groups attached to an aromatic ring is 1. The Kier molecular flexibility index (Phi) is 2.37. The molecule has 0 amide bonds. The molecule has 5 nitrogen and oxygen atoms in total. The fourth-order valence-electron chi connectivity index (χ4n) is 1.85. The highest BCUT2D eigenvalue weighted by atomic mass is 16.3. The van der Waals surface area contributed by atoms with Gasteiger partial charge in [0.05, 0.1) is 0 Å². The molecular weight excluding hydrogens is 228 g/mol. The molecule has 0 saturated heterocycles. The molecule has 3 aromatic rings. The van der Waals surface area contributed by atoms with E-state index in [2.05, 4.69) is 10.1 Å². The summed E-state index contributed by atoms with van der Waals surface area (Å²) in [6.45, 7) is 0. The molecule has 0 spiro atoms. The number of fused-ring (bicyclic) bond motifs is 1. The second-order valence-corrected chi connectivity index (χ2v) is 4.10. The fraction of sp³-hybridized carbons (Fsp3) is 0.0769. The first-order chi connectivity index (χ1) is 8.72. The van der Waals surface area contributed by atoms with Crippen LogP contribution in [0, 0.1) is 0 Å². The molecule has 2 heterocycles. The number of para-hydroxylation sites is 1. The van der Waals surface area contributed by atoms with E-state index in [1.807, 2.05) is 12.1 Å². The monoisotopic (exact) mass is 240 g/mol. The molecule has 18 heavy (non-hydrogen) atoms. The van der Waals surface area contributed by atoms with Crippen LogP contribution in [-0.2, 0) is 6.42 Å². The number of rotatable bonds is 2. The maximum atomic E-state index is 9.71. The summed E-state index contributed by atoms with van der Waals surface area (Å²) in [6.07, 6.45) is 2.26. The van der Waals surface area contributed by atoms with Crippen LogP contribution < -0.4 is 5.73 Å². The number of hydrogen-bond donors (Lipinski definition) is 2. The van der Waals surface area contributed by atoms with Crippen LogP contribution in [0.3, 0.4) is 0 Å². The lowest BCUT2D eigenvalue weighted by atomic mass is 10.1. The molecule has 0 fully saturated rings. The average Bonchev–Trinajstić information content (AvgIpc) is 2.73. The predicted molar refractivity (Wildman–Crippen MR) is 68.3 cm³/mol. The van der Waals surface area contributed by atoms with E-state index in [9.17, 15) is 5.11 Å². The average molecular weight is 240 g/mol. The fourth-order valence-corrected chi connectivity index (χ4v) is 1.85. The third-order valence-electron chi connectivity index (χ3n) is 2.75. The maximum Gasteiger partial charge on any atom is 0.157 e. The molecule has 2 aromatic heterocycles. The molecule has 0 radical (unpaired) electrons. The molecular formula is C13H12N4O. The normalized spacial score (nSPS) is 10.9. The van der Waals surface area contributed by atoms with Crippen molar-refractivity contribution >= 4 is 11.3 Å². The van der Waals surface area contributed by atoms with Crippen molar-refractivity contribution in [3.8, 4) is 5.75 Å². The number of nitrogens with two attached hydrogens (primary N) is 1. The quantitative estimate of drug-likeness (QED) is 0.713. The Labute approximate surface area is 104 Å².